The standard InChI is InChI=1S/C23H28N2O2/c1-16-5-8-21(19(13-16)23(2,3)4)27-15-22(26)25-11-9-17-6-7-18-10-12-24-20(18)14-17/h5-8,10,12-14,24H,9,11,15H2,1-4H3,(H,25,26). The van der Waals surface area contributed by atoms with Crippen molar-refractivity contribution in [3.05, 3.63) is 65.4 Å². The molecule has 0 fully saturated rings. The summed E-state index contributed by atoms with van der Waals surface area (Å²) in [6, 6.07) is 14.5. The summed E-state index contributed by atoms with van der Waals surface area (Å²) in [4.78, 5) is 15.4. The number of carbonyl (C=O) groups excluding carboxylic acids is 1. The normalized spacial score (nSPS) is 11.6. The van der Waals surface area contributed by atoms with Gasteiger partial charge in [0.05, 0.1) is 0 Å². The highest BCUT2D eigenvalue weighted by Crippen LogP contribution is 2.32. The van der Waals surface area contributed by atoms with E-state index in [4.69, 9.17) is 4.74 Å². The van der Waals surface area contributed by atoms with Gasteiger partial charge in [0.25, 0.3) is 5.91 Å². The number of nitrogens with one attached hydrogen (secondary N) is 2. The van der Waals surface area contributed by atoms with E-state index in [9.17, 15) is 4.79 Å². The average Bonchev–Trinajstić information content (AvgIpc) is 3.07. The van der Waals surface area contributed by atoms with E-state index in [-0.39, 0.29) is 17.9 Å². The number of aromatic nitrogens is 1. The molecule has 3 aromatic rings. The Balaban J connectivity index is 1.51. The largest absolute Gasteiger partial charge is 0.483 e. The van der Waals surface area contributed by atoms with Crippen molar-refractivity contribution in [3.63, 3.8) is 0 Å². The molecule has 0 atom stereocenters. The zero-order valence-electron chi connectivity index (χ0n) is 16.6. The number of rotatable bonds is 6. The number of aryl methyl sites for hydroxylation is 1. The van der Waals surface area contributed by atoms with E-state index in [1.54, 1.807) is 0 Å². The first-order chi connectivity index (χ1) is 12.8. The van der Waals surface area contributed by atoms with Crippen LogP contribution in [0.5, 0.6) is 5.75 Å². The van der Waals surface area contributed by atoms with Crippen LogP contribution in [0.25, 0.3) is 10.9 Å². The molecule has 2 N–H and O–H groups in total. The second-order valence-corrected chi connectivity index (χ2v) is 8.04. The maximum atomic E-state index is 12.2. The molecular formula is C23H28N2O2. The fourth-order valence-corrected chi connectivity index (χ4v) is 3.15. The van der Waals surface area contributed by atoms with Gasteiger partial charge in [0, 0.05) is 18.3 Å². The predicted molar refractivity (Wildman–Crippen MR) is 110 cm³/mol. The number of fused-ring (bicyclic) bond motifs is 1. The van der Waals surface area contributed by atoms with Crippen molar-refractivity contribution in [2.75, 3.05) is 13.2 Å². The minimum absolute atomic E-state index is 0.0296. The van der Waals surface area contributed by atoms with Gasteiger partial charge in [-0.15, -0.1) is 0 Å². The lowest BCUT2D eigenvalue weighted by Gasteiger charge is -2.23. The second-order valence-electron chi connectivity index (χ2n) is 8.04. The molecule has 0 bridgehead atoms. The molecule has 3 rings (SSSR count). The van der Waals surface area contributed by atoms with Gasteiger partial charge in [-0.1, -0.05) is 50.6 Å². The van der Waals surface area contributed by atoms with Gasteiger partial charge in [0.2, 0.25) is 0 Å². The molecule has 0 aliphatic rings. The number of amides is 1. The van der Waals surface area contributed by atoms with Gasteiger partial charge in [0.15, 0.2) is 6.61 Å². The molecule has 0 aliphatic heterocycles. The summed E-state index contributed by atoms with van der Waals surface area (Å²) in [5.41, 5.74) is 4.59. The topological polar surface area (TPSA) is 54.1 Å². The fraction of sp³-hybridized carbons (Fsp3) is 0.348. The lowest BCUT2D eigenvalue weighted by Crippen LogP contribution is -2.31. The van der Waals surface area contributed by atoms with E-state index in [0.29, 0.717) is 6.54 Å². The van der Waals surface area contributed by atoms with E-state index in [1.807, 2.05) is 18.3 Å². The minimum atomic E-state index is -0.101. The first kappa shape index (κ1) is 19.0. The lowest BCUT2D eigenvalue weighted by atomic mass is 9.85. The maximum absolute atomic E-state index is 12.2. The van der Waals surface area contributed by atoms with Gasteiger partial charge in [-0.3, -0.25) is 4.79 Å². The molecular weight excluding hydrogens is 336 g/mol. The molecule has 1 aromatic heterocycles. The van der Waals surface area contributed by atoms with Crippen LogP contribution in [0.3, 0.4) is 0 Å². The van der Waals surface area contributed by atoms with Crippen LogP contribution in [-0.2, 0) is 16.6 Å². The Bertz CT molecular complexity index is 935. The van der Waals surface area contributed by atoms with Crippen molar-refractivity contribution in [2.45, 2.75) is 39.5 Å². The molecule has 0 unspecified atom stereocenters. The smallest absolute Gasteiger partial charge is 0.257 e. The van der Waals surface area contributed by atoms with Crippen molar-refractivity contribution in [3.8, 4) is 5.75 Å². The third-order valence-electron chi connectivity index (χ3n) is 4.66. The molecule has 1 heterocycles. The van der Waals surface area contributed by atoms with E-state index >= 15 is 0 Å². The molecule has 142 valence electrons. The average molecular weight is 364 g/mol. The van der Waals surface area contributed by atoms with Crippen molar-refractivity contribution in [2.24, 2.45) is 0 Å². The van der Waals surface area contributed by atoms with E-state index in [0.717, 1.165) is 23.3 Å². The number of aromatic amines is 1. The highest BCUT2D eigenvalue weighted by atomic mass is 16.5. The summed E-state index contributed by atoms with van der Waals surface area (Å²) in [6.45, 7) is 9.13. The van der Waals surface area contributed by atoms with Crippen molar-refractivity contribution >= 4 is 16.8 Å². The van der Waals surface area contributed by atoms with E-state index in [2.05, 4.69) is 68.3 Å². The maximum Gasteiger partial charge on any atom is 0.257 e. The van der Waals surface area contributed by atoms with Crippen LogP contribution in [0.1, 0.15) is 37.5 Å². The zero-order valence-corrected chi connectivity index (χ0v) is 16.6. The highest BCUT2D eigenvalue weighted by molar-refractivity contribution is 5.80. The summed E-state index contributed by atoms with van der Waals surface area (Å²) in [5.74, 6) is 0.678. The molecule has 0 saturated carbocycles. The lowest BCUT2D eigenvalue weighted by molar-refractivity contribution is -0.123. The van der Waals surface area contributed by atoms with Crippen LogP contribution in [0, 0.1) is 6.92 Å². The summed E-state index contributed by atoms with van der Waals surface area (Å²) < 4.78 is 5.81. The van der Waals surface area contributed by atoms with Crippen molar-refractivity contribution in [1.29, 1.82) is 0 Å². The molecule has 4 nitrogen and oxygen atoms in total. The minimum Gasteiger partial charge on any atom is -0.483 e. The molecule has 0 aliphatic carbocycles. The monoisotopic (exact) mass is 364 g/mol. The Hall–Kier alpha value is -2.75. The van der Waals surface area contributed by atoms with Crippen molar-refractivity contribution in [1.82, 2.24) is 10.3 Å². The number of carbonyl (C=O) groups is 1. The van der Waals surface area contributed by atoms with Crippen LogP contribution in [0.15, 0.2) is 48.7 Å². The summed E-state index contributed by atoms with van der Waals surface area (Å²) in [6.07, 6.45) is 2.73. The van der Waals surface area contributed by atoms with Crippen molar-refractivity contribution < 1.29 is 9.53 Å². The number of ether oxygens (including phenoxy) is 1. The Morgan fingerprint density at radius 3 is 2.70 bits per heavy atom. The Labute approximate surface area is 160 Å². The Kier molecular flexibility index (Phi) is 5.54. The Morgan fingerprint density at radius 2 is 1.93 bits per heavy atom. The summed E-state index contributed by atoms with van der Waals surface area (Å²) in [5, 5.41) is 4.14. The van der Waals surface area contributed by atoms with Gasteiger partial charge in [0.1, 0.15) is 5.75 Å². The SMILES string of the molecule is Cc1ccc(OCC(=O)NCCc2ccc3cc[nH]c3c2)c(C(C)(C)C)c1. The fourth-order valence-electron chi connectivity index (χ4n) is 3.15. The predicted octanol–water partition coefficient (Wildman–Crippen LogP) is 4.51. The molecule has 4 heteroatoms. The van der Waals surface area contributed by atoms with Crippen LogP contribution in [0.4, 0.5) is 0 Å². The van der Waals surface area contributed by atoms with Crippen LogP contribution in [0.2, 0.25) is 0 Å². The molecule has 0 radical (unpaired) electrons. The van der Waals surface area contributed by atoms with Crippen LogP contribution < -0.4 is 10.1 Å². The number of benzene rings is 2. The van der Waals surface area contributed by atoms with E-state index < -0.39 is 0 Å². The Morgan fingerprint density at radius 1 is 1.11 bits per heavy atom. The zero-order chi connectivity index (χ0) is 19.4. The van der Waals surface area contributed by atoms with E-state index in [1.165, 1.54) is 16.5 Å². The third kappa shape index (κ3) is 4.91. The van der Waals surface area contributed by atoms with Gasteiger partial charge in [-0.05, 0) is 53.5 Å². The quantitative estimate of drug-likeness (QED) is 0.676. The van der Waals surface area contributed by atoms with Gasteiger partial charge in [-0.25, -0.2) is 0 Å². The second kappa shape index (κ2) is 7.87. The van der Waals surface area contributed by atoms with Crippen LogP contribution in [-0.4, -0.2) is 24.0 Å². The molecule has 2 aromatic carbocycles. The molecule has 0 saturated heterocycles. The highest BCUT2D eigenvalue weighted by Gasteiger charge is 2.19. The first-order valence-electron chi connectivity index (χ1n) is 9.39. The number of H-pyrrole nitrogens is 1. The summed E-state index contributed by atoms with van der Waals surface area (Å²) >= 11 is 0. The molecule has 27 heavy (non-hydrogen) atoms. The van der Waals surface area contributed by atoms with Gasteiger partial charge in [-0.2, -0.15) is 0 Å². The number of hydrogen-bond acceptors (Lipinski definition) is 2. The molecule has 1 amide bonds. The van der Waals surface area contributed by atoms with Crippen LogP contribution >= 0.6 is 0 Å². The summed E-state index contributed by atoms with van der Waals surface area (Å²) in [7, 11) is 0. The van der Waals surface area contributed by atoms with Gasteiger partial charge >= 0.3 is 0 Å². The first-order valence-corrected chi connectivity index (χ1v) is 9.39. The van der Waals surface area contributed by atoms with Gasteiger partial charge < -0.3 is 15.0 Å². The molecule has 0 spiro atoms. The third-order valence-corrected chi connectivity index (χ3v) is 4.66. The number of hydrogen-bond donors (Lipinski definition) is 2.